The smallest absolute Gasteiger partial charge is 0.312 e. The van der Waals surface area contributed by atoms with E-state index in [0.29, 0.717) is 28.9 Å². The van der Waals surface area contributed by atoms with Crippen LogP contribution in [0.3, 0.4) is 0 Å². The summed E-state index contributed by atoms with van der Waals surface area (Å²) in [4.78, 5) is 65.7. The first-order valence-electron chi connectivity index (χ1n) is 24.6. The van der Waals surface area contributed by atoms with Gasteiger partial charge in [0.25, 0.3) is 11.7 Å². The third-order valence-corrected chi connectivity index (χ3v) is 18.0. The second-order valence-electron chi connectivity index (χ2n) is 20.2. The van der Waals surface area contributed by atoms with Gasteiger partial charge in [-0.1, -0.05) is 63.8 Å². The SMILES string of the molecule is CO[C@H]1/C=C/O[C@@]2(C)Oc3c(C)c(=O)c4c(O)c(c5oc6cc(OCC[N+](C)(CSC7(C)CS7)c7ccccn7)ccc6nc5c4c3C2=O)NC(=O)/C(C)=C\C=C\[C@H](C)[C@H](O)[C@@H](C)[C@@H](O)[C@@H](C)[C@H](OC(C)=O)[C@@H]1C. The summed E-state index contributed by atoms with van der Waals surface area (Å²) in [6.45, 7) is 15.7. The summed E-state index contributed by atoms with van der Waals surface area (Å²) < 4.78 is 37.7. The highest BCUT2D eigenvalue weighted by Gasteiger charge is 2.50. The van der Waals surface area contributed by atoms with Crippen LogP contribution in [0.1, 0.15) is 71.3 Å². The molecule has 0 spiro atoms. The molecule has 17 nitrogen and oxygen atoms in total. The molecule has 5 aromatic rings. The molecule has 8 rings (SSSR count). The molecule has 0 saturated carbocycles. The number of nitrogens with one attached hydrogen (secondary N) is 1. The number of fused-ring (bicyclic) bond motifs is 2. The molecule has 3 aliphatic rings. The number of aliphatic hydroxyl groups excluding tert-OH is 2. The maximum atomic E-state index is 14.9. The molecule has 3 aromatic carbocycles. The molecule has 2 unspecified atom stereocenters. The zero-order valence-electron chi connectivity index (χ0n) is 43.5. The van der Waals surface area contributed by atoms with E-state index < -0.39 is 82.7 Å². The van der Waals surface area contributed by atoms with Crippen LogP contribution in [0.5, 0.6) is 17.2 Å². The number of hydrogen-bond donors (Lipinski definition) is 4. The van der Waals surface area contributed by atoms with Crippen LogP contribution < -0.4 is 24.7 Å². The van der Waals surface area contributed by atoms with Crippen LogP contribution in [-0.2, 0) is 23.8 Å². The molecule has 74 heavy (non-hydrogen) atoms. The van der Waals surface area contributed by atoms with Crippen molar-refractivity contribution in [3.05, 3.63) is 100 Å². The van der Waals surface area contributed by atoms with E-state index in [1.54, 1.807) is 71.2 Å². The summed E-state index contributed by atoms with van der Waals surface area (Å²) in [7, 11) is 3.58. The second-order valence-corrected chi connectivity index (χ2v) is 23.4. The lowest BCUT2D eigenvalue weighted by Gasteiger charge is -2.38. The Hall–Kier alpha value is -5.96. The summed E-state index contributed by atoms with van der Waals surface area (Å²) in [6, 6.07) is 10.9. The van der Waals surface area contributed by atoms with Crippen molar-refractivity contribution in [1.82, 2.24) is 14.5 Å². The molecule has 0 radical (unpaired) electrons. The normalized spacial score (nSPS) is 30.0. The molecule has 3 aliphatic heterocycles. The number of benzene rings is 3. The highest BCUT2D eigenvalue weighted by molar-refractivity contribution is 8.24. The zero-order valence-corrected chi connectivity index (χ0v) is 45.1. The number of aromatic hydroxyl groups is 1. The summed E-state index contributed by atoms with van der Waals surface area (Å²) in [6.07, 6.45) is 5.37. The molecule has 5 heterocycles. The number of Topliss-reactive ketones (excluding diaryl/α,β-unsaturated/α-hetero) is 1. The van der Waals surface area contributed by atoms with Crippen molar-refractivity contribution in [2.24, 2.45) is 23.7 Å². The van der Waals surface area contributed by atoms with Gasteiger partial charge in [-0.05, 0) is 45.0 Å². The number of allylic oxidation sites excluding steroid dienone is 2. The summed E-state index contributed by atoms with van der Waals surface area (Å²) in [5.74, 6) is -4.12. The minimum atomic E-state index is -2.07. The van der Waals surface area contributed by atoms with E-state index in [-0.39, 0.29) is 59.7 Å². The van der Waals surface area contributed by atoms with Gasteiger partial charge in [0.1, 0.15) is 53.4 Å². The molecule has 19 heteroatoms. The Morgan fingerprint density at radius 2 is 1.76 bits per heavy atom. The van der Waals surface area contributed by atoms with Gasteiger partial charge in [0.2, 0.25) is 5.82 Å². The molecular weight excluding hydrogens is 989 g/mol. The Kier molecular flexibility index (Phi) is 15.7. The first-order valence-corrected chi connectivity index (χ1v) is 26.6. The van der Waals surface area contributed by atoms with Crippen LogP contribution in [0.2, 0.25) is 0 Å². The van der Waals surface area contributed by atoms with Crippen molar-refractivity contribution in [3.63, 3.8) is 0 Å². The third-order valence-electron chi connectivity index (χ3n) is 14.6. The van der Waals surface area contributed by atoms with Gasteiger partial charge in [-0.3, -0.25) is 23.7 Å². The number of ether oxygens (including phenoxy) is 5. The zero-order chi connectivity index (χ0) is 53.6. The number of aliphatic hydroxyl groups is 2. The number of likely N-dealkylation sites (N-methyl/N-ethyl adjacent to an activating group) is 1. The number of anilines is 1. The lowest BCUT2D eigenvalue weighted by Crippen LogP contribution is -2.48. The monoisotopic (exact) mass is 1050 g/mol. The van der Waals surface area contributed by atoms with Crippen molar-refractivity contribution in [2.45, 2.75) is 96.6 Å². The molecule has 1 saturated heterocycles. The highest BCUT2D eigenvalue weighted by atomic mass is 32.2. The highest BCUT2D eigenvalue weighted by Crippen LogP contribution is 2.54. The van der Waals surface area contributed by atoms with Gasteiger partial charge in [0.05, 0.1) is 46.7 Å². The maximum absolute atomic E-state index is 14.9. The first-order chi connectivity index (χ1) is 35.0. The van der Waals surface area contributed by atoms with Crippen molar-refractivity contribution in [1.29, 1.82) is 0 Å². The quantitative estimate of drug-likeness (QED) is 0.0195. The number of aromatic nitrogens is 2. The number of thioether (sulfide) groups is 2. The van der Waals surface area contributed by atoms with Crippen LogP contribution >= 0.6 is 23.5 Å². The fourth-order valence-electron chi connectivity index (χ4n) is 9.62. The number of rotatable bonds is 10. The predicted octanol–water partition coefficient (Wildman–Crippen LogP) is 8.56. The van der Waals surface area contributed by atoms with E-state index in [2.05, 4.69) is 24.3 Å². The maximum Gasteiger partial charge on any atom is 0.312 e. The minimum Gasteiger partial charge on any atom is -0.505 e. The molecule has 2 aromatic heterocycles. The van der Waals surface area contributed by atoms with Gasteiger partial charge in [0.15, 0.2) is 22.3 Å². The fraction of sp³-hybridized carbons (Fsp3) is 0.455. The number of carbonyl (C=O) groups is 3. The first kappa shape index (κ1) is 54.3. The van der Waals surface area contributed by atoms with Gasteiger partial charge in [-0.15, -0.1) is 11.8 Å². The van der Waals surface area contributed by atoms with E-state index in [1.165, 1.54) is 46.3 Å². The summed E-state index contributed by atoms with van der Waals surface area (Å²) in [5.41, 5.74) is -0.605. The standard InChI is InChI=1S/C55H64N4O13S2/c1-28-15-14-16-29(2)53(66)58-44-48(64)41-40(43-51(44)71-38-25-35(18-19-36(38)57-43)68-24-22-59(10,27-74-54(8)26-73-54)39-17-12-13-21-56-39)42-50(33(6)47(41)63)72-55(9,52(42)65)69-23-20-37(67-11)30(3)49(70-34(7)60)32(5)46(62)31(4)45(28)61/h12-21,23,25,28,30-32,37,45-46,49,61-62H,22,24,26-27H2,1-11H3,(H-,57,58,63,64,65,66)/p+1/b15-14+,23-20+,29-16-/t28-,30+,31+,32+,37-,45-,46+,49+,54?,55-,59?/m0/s1. The van der Waals surface area contributed by atoms with Crippen LogP contribution in [0.4, 0.5) is 11.5 Å². The molecule has 1 amide bonds. The number of phenolic OH excluding ortho intramolecular Hbond substituents is 1. The van der Waals surface area contributed by atoms with Crippen molar-refractivity contribution in [2.75, 3.05) is 44.3 Å². The lowest BCUT2D eigenvalue weighted by atomic mass is 9.78. The molecule has 4 N–H and O–H groups in total. The number of nitrogens with zero attached hydrogens (tertiary/aromatic N) is 3. The van der Waals surface area contributed by atoms with Crippen LogP contribution in [0.15, 0.2) is 87.9 Å². The Bertz CT molecular complexity index is 3160. The molecule has 11 atom stereocenters. The number of methoxy groups -OCH3 is 1. The number of pyridine rings is 1. The van der Waals surface area contributed by atoms with E-state index in [4.69, 9.17) is 33.1 Å². The molecule has 394 valence electrons. The van der Waals surface area contributed by atoms with Gasteiger partial charge in [-0.2, -0.15) is 0 Å². The molecule has 0 aliphatic carbocycles. The molecule has 1 fully saturated rings. The summed E-state index contributed by atoms with van der Waals surface area (Å²) >= 11 is 3.82. The Morgan fingerprint density at radius 1 is 1.01 bits per heavy atom. The summed E-state index contributed by atoms with van der Waals surface area (Å²) in [5, 5.41) is 37.8. The molecular formula is C55H65N4O13S2+. The van der Waals surface area contributed by atoms with E-state index >= 15 is 0 Å². The topological polar surface area (TPSA) is 226 Å². The van der Waals surface area contributed by atoms with Crippen LogP contribution in [0.25, 0.3) is 33.0 Å². The van der Waals surface area contributed by atoms with Crippen molar-refractivity contribution >= 4 is 85.7 Å². The second kappa shape index (κ2) is 21.3. The van der Waals surface area contributed by atoms with Gasteiger partial charge >= 0.3 is 11.8 Å². The number of carbonyl (C=O) groups excluding carboxylic acids is 3. The van der Waals surface area contributed by atoms with Gasteiger partial charge in [-0.25, -0.2) is 9.97 Å². The fourth-order valence-corrected chi connectivity index (χ4v) is 11.6. The van der Waals surface area contributed by atoms with E-state index in [1.807, 2.05) is 41.7 Å². The Balaban J connectivity index is 1.24. The molecule has 4 bridgehead atoms. The average molecular weight is 1050 g/mol. The Morgan fingerprint density at radius 3 is 2.43 bits per heavy atom. The average Bonchev–Trinajstić information content (AvgIpc) is 4.06. The van der Waals surface area contributed by atoms with Crippen LogP contribution in [-0.4, -0.2) is 116 Å². The van der Waals surface area contributed by atoms with Crippen LogP contribution in [0, 0.1) is 30.6 Å². The number of esters is 1. The number of amides is 1. The number of phenols is 1. The van der Waals surface area contributed by atoms with E-state index in [9.17, 15) is 34.5 Å². The number of hydrogen-bond acceptors (Lipinski definition) is 17. The van der Waals surface area contributed by atoms with Crippen molar-refractivity contribution in [3.8, 4) is 17.2 Å². The van der Waals surface area contributed by atoms with Crippen molar-refractivity contribution < 1.29 is 57.8 Å². The largest absolute Gasteiger partial charge is 0.505 e. The predicted molar refractivity (Wildman–Crippen MR) is 287 cm³/mol. The number of quaternary nitrogens is 1. The van der Waals surface area contributed by atoms with E-state index in [0.717, 1.165) is 17.4 Å². The van der Waals surface area contributed by atoms with Gasteiger partial charge in [0, 0.05) is 85.2 Å². The minimum absolute atomic E-state index is 0.0157. The Labute approximate surface area is 437 Å². The third kappa shape index (κ3) is 10.6. The van der Waals surface area contributed by atoms with Gasteiger partial charge < -0.3 is 48.7 Å². The lowest BCUT2D eigenvalue weighted by molar-refractivity contribution is -0.160. The number of ketones is 1.